The van der Waals surface area contributed by atoms with Crippen LogP contribution in [0, 0.1) is 25.7 Å². The summed E-state index contributed by atoms with van der Waals surface area (Å²) in [5.74, 6) is 1.65. The quantitative estimate of drug-likeness (QED) is 0.604. The van der Waals surface area contributed by atoms with Crippen molar-refractivity contribution in [2.24, 2.45) is 11.8 Å². The molecule has 2 heterocycles. The first-order valence-electron chi connectivity index (χ1n) is 11.9. The van der Waals surface area contributed by atoms with E-state index in [1.165, 1.54) is 6.42 Å². The van der Waals surface area contributed by atoms with Gasteiger partial charge in [0.2, 0.25) is 10.0 Å². The Morgan fingerprint density at radius 2 is 1.74 bits per heavy atom. The molecule has 0 N–H and O–H groups in total. The number of piperidine rings is 1. The first-order valence-corrected chi connectivity index (χ1v) is 13.5. The SMILES string of the molecule is CO[C@@H]1CN(C(=O)c2cc(C)ccc2C)C[C@H]1Oc1cccc(CS(=O)(=O)N2CC3CC3C2)c1. The number of sulfonamides is 1. The van der Waals surface area contributed by atoms with Crippen molar-refractivity contribution in [2.45, 2.75) is 38.2 Å². The van der Waals surface area contributed by atoms with Gasteiger partial charge in [-0.1, -0.05) is 29.8 Å². The summed E-state index contributed by atoms with van der Waals surface area (Å²) in [5.41, 5.74) is 3.38. The second-order valence-electron chi connectivity index (χ2n) is 9.94. The zero-order chi connectivity index (χ0) is 24.0. The number of carbonyl (C=O) groups is 1. The number of rotatable bonds is 7. The van der Waals surface area contributed by atoms with Gasteiger partial charge in [0.05, 0.1) is 18.8 Å². The molecule has 7 nitrogen and oxygen atoms in total. The average Bonchev–Trinajstić information content (AvgIpc) is 3.21. The number of benzene rings is 2. The van der Waals surface area contributed by atoms with Gasteiger partial charge in [-0.15, -0.1) is 0 Å². The van der Waals surface area contributed by atoms with E-state index in [4.69, 9.17) is 9.47 Å². The first kappa shape index (κ1) is 23.3. The minimum atomic E-state index is -3.33. The van der Waals surface area contributed by atoms with Crippen LogP contribution in [0.1, 0.15) is 33.5 Å². The molecule has 34 heavy (non-hydrogen) atoms. The Morgan fingerprint density at radius 1 is 1.00 bits per heavy atom. The van der Waals surface area contributed by atoms with Gasteiger partial charge in [-0.2, -0.15) is 0 Å². The Bertz CT molecular complexity index is 1190. The predicted molar refractivity (Wildman–Crippen MR) is 129 cm³/mol. The van der Waals surface area contributed by atoms with Crippen LogP contribution in [0.2, 0.25) is 0 Å². The van der Waals surface area contributed by atoms with Crippen LogP contribution in [-0.4, -0.2) is 69.0 Å². The molecule has 2 saturated heterocycles. The lowest BCUT2D eigenvalue weighted by molar-refractivity contribution is 0.0339. The molecule has 0 bridgehead atoms. The van der Waals surface area contributed by atoms with Crippen molar-refractivity contribution < 1.29 is 22.7 Å². The maximum absolute atomic E-state index is 13.2. The molecule has 3 fully saturated rings. The van der Waals surface area contributed by atoms with Crippen LogP contribution in [-0.2, 0) is 20.5 Å². The van der Waals surface area contributed by atoms with Crippen molar-refractivity contribution in [3.8, 4) is 5.75 Å². The van der Waals surface area contributed by atoms with Crippen molar-refractivity contribution in [1.29, 1.82) is 0 Å². The Hall–Kier alpha value is -2.42. The van der Waals surface area contributed by atoms with Crippen molar-refractivity contribution in [1.82, 2.24) is 9.21 Å². The Labute approximate surface area is 201 Å². The number of likely N-dealkylation sites (tertiary alicyclic amines) is 1. The van der Waals surface area contributed by atoms with Crippen LogP contribution in [0.4, 0.5) is 0 Å². The van der Waals surface area contributed by atoms with Gasteiger partial charge in [-0.25, -0.2) is 12.7 Å². The molecule has 1 aliphatic carbocycles. The highest BCUT2D eigenvalue weighted by Crippen LogP contribution is 2.46. The van der Waals surface area contributed by atoms with E-state index in [0.717, 1.165) is 11.1 Å². The van der Waals surface area contributed by atoms with E-state index in [0.29, 0.717) is 54.9 Å². The number of amides is 1. The molecule has 0 aromatic heterocycles. The van der Waals surface area contributed by atoms with Gasteiger partial charge in [-0.3, -0.25) is 4.79 Å². The van der Waals surface area contributed by atoms with Gasteiger partial charge in [0.1, 0.15) is 18.0 Å². The molecule has 1 saturated carbocycles. The third kappa shape index (κ3) is 4.72. The fourth-order valence-electron chi connectivity index (χ4n) is 5.15. The molecule has 8 heteroatoms. The van der Waals surface area contributed by atoms with Crippen LogP contribution in [0.5, 0.6) is 5.75 Å². The normalized spacial score (nSPS) is 26.5. The number of carbonyl (C=O) groups excluding carboxylic acids is 1. The molecule has 0 radical (unpaired) electrons. The molecule has 1 amide bonds. The van der Waals surface area contributed by atoms with E-state index >= 15 is 0 Å². The van der Waals surface area contributed by atoms with Crippen molar-refractivity contribution in [3.63, 3.8) is 0 Å². The van der Waals surface area contributed by atoms with Crippen LogP contribution in [0.25, 0.3) is 0 Å². The molecular formula is C26H32N2O5S. The number of nitrogens with zero attached hydrogens (tertiary/aromatic N) is 2. The van der Waals surface area contributed by atoms with Crippen LogP contribution >= 0.6 is 0 Å². The number of fused-ring (bicyclic) bond motifs is 1. The molecule has 3 aliphatic rings. The Balaban J connectivity index is 1.26. The average molecular weight is 485 g/mol. The van der Waals surface area contributed by atoms with E-state index in [1.54, 1.807) is 22.4 Å². The molecule has 2 aromatic rings. The highest BCUT2D eigenvalue weighted by Gasteiger charge is 2.48. The van der Waals surface area contributed by atoms with E-state index in [-0.39, 0.29) is 23.9 Å². The summed E-state index contributed by atoms with van der Waals surface area (Å²) in [7, 11) is -1.71. The summed E-state index contributed by atoms with van der Waals surface area (Å²) in [6.07, 6.45) is 0.565. The summed E-state index contributed by atoms with van der Waals surface area (Å²) in [5, 5.41) is 0. The predicted octanol–water partition coefficient (Wildman–Crippen LogP) is 3.00. The molecule has 0 spiro atoms. The minimum absolute atomic E-state index is 0.0285. The number of aryl methyl sites for hydroxylation is 2. The molecule has 2 unspecified atom stereocenters. The highest BCUT2D eigenvalue weighted by atomic mass is 32.2. The van der Waals surface area contributed by atoms with E-state index in [2.05, 4.69) is 0 Å². The van der Waals surface area contributed by atoms with Crippen molar-refractivity contribution in [3.05, 3.63) is 64.7 Å². The standard InChI is InChI=1S/C26H32N2O5S/c1-17-7-8-18(2)23(9-17)26(29)27-14-24(32-3)25(15-27)33-22-6-4-5-19(10-22)16-34(30,31)28-12-20-11-21(20)13-28/h4-10,20-21,24-25H,11-16H2,1-3H3/t20?,21?,24-,25-/m1/s1. The van der Waals surface area contributed by atoms with Gasteiger partial charge in [-0.05, 0) is 61.4 Å². The smallest absolute Gasteiger partial charge is 0.254 e. The largest absolute Gasteiger partial charge is 0.486 e. The summed E-state index contributed by atoms with van der Waals surface area (Å²) >= 11 is 0. The topological polar surface area (TPSA) is 76.1 Å². The first-order chi connectivity index (χ1) is 16.2. The second kappa shape index (κ2) is 8.98. The maximum Gasteiger partial charge on any atom is 0.254 e. The van der Waals surface area contributed by atoms with Gasteiger partial charge < -0.3 is 14.4 Å². The maximum atomic E-state index is 13.2. The zero-order valence-electron chi connectivity index (χ0n) is 19.9. The van der Waals surface area contributed by atoms with E-state index in [9.17, 15) is 13.2 Å². The van der Waals surface area contributed by atoms with Crippen LogP contribution < -0.4 is 4.74 Å². The third-order valence-electron chi connectivity index (χ3n) is 7.30. The van der Waals surface area contributed by atoms with Gasteiger partial charge >= 0.3 is 0 Å². The Kier molecular flexibility index (Phi) is 6.16. The summed E-state index contributed by atoms with van der Waals surface area (Å²) in [4.78, 5) is 15.0. The van der Waals surface area contributed by atoms with Gasteiger partial charge in [0.15, 0.2) is 0 Å². The van der Waals surface area contributed by atoms with E-state index < -0.39 is 10.0 Å². The molecular weight excluding hydrogens is 452 g/mol. The fraction of sp³-hybridized carbons (Fsp3) is 0.500. The molecule has 2 aliphatic heterocycles. The lowest BCUT2D eigenvalue weighted by atomic mass is 10.0. The second-order valence-corrected chi connectivity index (χ2v) is 11.9. The summed E-state index contributed by atoms with van der Waals surface area (Å²) in [6.45, 7) is 6.08. The number of ether oxygens (including phenoxy) is 2. The molecule has 2 aromatic carbocycles. The van der Waals surface area contributed by atoms with Gasteiger partial charge in [0.25, 0.3) is 5.91 Å². The van der Waals surface area contributed by atoms with Crippen molar-refractivity contribution in [2.75, 3.05) is 33.3 Å². The monoisotopic (exact) mass is 484 g/mol. The Morgan fingerprint density at radius 3 is 2.47 bits per heavy atom. The number of hydrogen-bond donors (Lipinski definition) is 0. The van der Waals surface area contributed by atoms with E-state index in [1.807, 2.05) is 50.2 Å². The minimum Gasteiger partial charge on any atom is -0.486 e. The van der Waals surface area contributed by atoms with Crippen LogP contribution in [0.15, 0.2) is 42.5 Å². The number of hydrogen-bond acceptors (Lipinski definition) is 5. The molecule has 4 atom stereocenters. The summed E-state index contributed by atoms with van der Waals surface area (Å²) in [6, 6.07) is 13.1. The molecule has 182 valence electrons. The van der Waals surface area contributed by atoms with Gasteiger partial charge in [0, 0.05) is 25.8 Å². The summed E-state index contributed by atoms with van der Waals surface area (Å²) < 4.78 is 39.2. The fourth-order valence-corrected chi connectivity index (χ4v) is 6.77. The molecule has 5 rings (SSSR count). The van der Waals surface area contributed by atoms with Crippen molar-refractivity contribution >= 4 is 15.9 Å². The highest BCUT2D eigenvalue weighted by molar-refractivity contribution is 7.88. The lowest BCUT2D eigenvalue weighted by Crippen LogP contribution is -2.32. The lowest BCUT2D eigenvalue weighted by Gasteiger charge is -2.20. The number of methoxy groups -OCH3 is 1. The van der Waals surface area contributed by atoms with Crippen LogP contribution in [0.3, 0.4) is 0 Å². The zero-order valence-corrected chi connectivity index (χ0v) is 20.8. The third-order valence-corrected chi connectivity index (χ3v) is 9.09.